The minimum Gasteiger partial charge on any atom is -0.487 e. The molecule has 170 valence electrons. The maximum atomic E-state index is 12.6. The Morgan fingerprint density at radius 2 is 1.67 bits per heavy atom. The molecule has 0 spiro atoms. The van der Waals surface area contributed by atoms with E-state index in [0.717, 1.165) is 22.7 Å². The number of amides is 2. The first-order valence-corrected chi connectivity index (χ1v) is 11.1. The Kier molecular flexibility index (Phi) is 7.19. The lowest BCUT2D eigenvalue weighted by atomic mass is 10.1. The molecule has 7 heteroatoms. The predicted octanol–water partition coefficient (Wildman–Crippen LogP) is 3.05. The fourth-order valence-corrected chi connectivity index (χ4v) is 3.76. The first-order chi connectivity index (χ1) is 16.1. The molecule has 1 aromatic heterocycles. The lowest BCUT2D eigenvalue weighted by Crippen LogP contribution is -2.51. The van der Waals surface area contributed by atoms with Crippen molar-refractivity contribution in [2.45, 2.75) is 13.5 Å². The number of aromatic nitrogens is 1. The van der Waals surface area contributed by atoms with Gasteiger partial charge in [-0.2, -0.15) is 0 Å². The Balaban J connectivity index is 1.22. The molecule has 0 aliphatic carbocycles. The molecule has 4 rings (SSSR count). The van der Waals surface area contributed by atoms with Crippen molar-refractivity contribution in [3.63, 3.8) is 0 Å². The van der Waals surface area contributed by atoms with Gasteiger partial charge in [0.1, 0.15) is 18.2 Å². The Bertz CT molecular complexity index is 1080. The number of benzene rings is 2. The number of carbonyl (C=O) groups is 2. The zero-order valence-corrected chi connectivity index (χ0v) is 18.7. The van der Waals surface area contributed by atoms with Gasteiger partial charge in [-0.3, -0.25) is 9.59 Å². The van der Waals surface area contributed by atoms with E-state index in [1.807, 2.05) is 67.6 Å². The summed E-state index contributed by atoms with van der Waals surface area (Å²) in [7, 11) is 0. The molecule has 1 aliphatic heterocycles. The molecule has 0 saturated carbocycles. The highest BCUT2D eigenvalue weighted by molar-refractivity contribution is 5.97. The lowest BCUT2D eigenvalue weighted by molar-refractivity contribution is -0.130. The molecule has 1 aliphatic rings. The van der Waals surface area contributed by atoms with Gasteiger partial charge in [0, 0.05) is 31.7 Å². The zero-order chi connectivity index (χ0) is 23.0. The lowest BCUT2D eigenvalue weighted by Gasteiger charge is -2.35. The van der Waals surface area contributed by atoms with E-state index in [9.17, 15) is 9.59 Å². The summed E-state index contributed by atoms with van der Waals surface area (Å²) in [5, 5.41) is 2.74. The highest BCUT2D eigenvalue weighted by Gasteiger charge is 2.22. The van der Waals surface area contributed by atoms with Crippen LogP contribution in [0.5, 0.6) is 5.75 Å². The summed E-state index contributed by atoms with van der Waals surface area (Å²) in [4.78, 5) is 33.4. The van der Waals surface area contributed by atoms with E-state index < -0.39 is 0 Å². The average Bonchev–Trinajstić information content (AvgIpc) is 2.87. The number of hydrogen-bond donors (Lipinski definition) is 1. The normalized spacial score (nSPS) is 13.5. The van der Waals surface area contributed by atoms with Crippen molar-refractivity contribution in [2.75, 3.05) is 37.6 Å². The van der Waals surface area contributed by atoms with E-state index in [0.29, 0.717) is 38.3 Å². The fourth-order valence-electron chi connectivity index (χ4n) is 3.76. The SMILES string of the molecule is Cc1ccccc1C(=O)NCC(=O)N1CCN(c2ccc(OCc3ccccc3)cn2)CC1. The topological polar surface area (TPSA) is 74.8 Å². The van der Waals surface area contributed by atoms with Crippen LogP contribution in [-0.2, 0) is 11.4 Å². The van der Waals surface area contributed by atoms with Crippen LogP contribution in [0.3, 0.4) is 0 Å². The van der Waals surface area contributed by atoms with Gasteiger partial charge in [-0.25, -0.2) is 4.98 Å². The number of anilines is 1. The predicted molar refractivity (Wildman–Crippen MR) is 127 cm³/mol. The highest BCUT2D eigenvalue weighted by atomic mass is 16.5. The number of pyridine rings is 1. The Hall–Kier alpha value is -3.87. The standard InChI is InChI=1S/C26H28N4O3/c1-20-7-5-6-10-23(20)26(32)28-18-25(31)30-15-13-29(14-16-30)24-12-11-22(17-27-24)33-19-21-8-3-2-4-9-21/h2-12,17H,13-16,18-19H2,1H3,(H,28,32). The van der Waals surface area contributed by atoms with Crippen LogP contribution in [0.25, 0.3) is 0 Å². The van der Waals surface area contributed by atoms with E-state index in [1.54, 1.807) is 17.2 Å². The van der Waals surface area contributed by atoms with Crippen LogP contribution in [-0.4, -0.2) is 54.4 Å². The molecule has 0 atom stereocenters. The van der Waals surface area contributed by atoms with E-state index in [-0.39, 0.29) is 18.4 Å². The smallest absolute Gasteiger partial charge is 0.251 e. The van der Waals surface area contributed by atoms with Crippen molar-refractivity contribution in [3.8, 4) is 5.75 Å². The first-order valence-electron chi connectivity index (χ1n) is 11.1. The molecule has 2 amide bonds. The van der Waals surface area contributed by atoms with Crippen LogP contribution >= 0.6 is 0 Å². The number of nitrogens with one attached hydrogen (secondary N) is 1. The molecule has 1 N–H and O–H groups in total. The number of nitrogens with zero attached hydrogens (tertiary/aromatic N) is 3. The van der Waals surface area contributed by atoms with Crippen molar-refractivity contribution < 1.29 is 14.3 Å². The van der Waals surface area contributed by atoms with E-state index in [2.05, 4.69) is 15.2 Å². The monoisotopic (exact) mass is 444 g/mol. The van der Waals surface area contributed by atoms with Crippen LogP contribution < -0.4 is 15.0 Å². The number of carbonyl (C=O) groups excluding carboxylic acids is 2. The summed E-state index contributed by atoms with van der Waals surface area (Å²) in [6.45, 7) is 4.94. The second-order valence-electron chi connectivity index (χ2n) is 7.99. The van der Waals surface area contributed by atoms with Crippen LogP contribution in [0.1, 0.15) is 21.5 Å². The van der Waals surface area contributed by atoms with Gasteiger partial charge in [-0.05, 0) is 36.2 Å². The van der Waals surface area contributed by atoms with Crippen LogP contribution in [0.2, 0.25) is 0 Å². The Morgan fingerprint density at radius 1 is 0.939 bits per heavy atom. The maximum absolute atomic E-state index is 12.6. The van der Waals surface area contributed by atoms with Crippen LogP contribution in [0.4, 0.5) is 5.82 Å². The van der Waals surface area contributed by atoms with Gasteiger partial charge in [0.2, 0.25) is 5.91 Å². The van der Waals surface area contributed by atoms with Crippen molar-refractivity contribution >= 4 is 17.6 Å². The highest BCUT2D eigenvalue weighted by Crippen LogP contribution is 2.18. The van der Waals surface area contributed by atoms with Crippen molar-refractivity contribution in [2.24, 2.45) is 0 Å². The summed E-state index contributed by atoms with van der Waals surface area (Å²) in [5.41, 5.74) is 2.59. The maximum Gasteiger partial charge on any atom is 0.251 e. The third-order valence-electron chi connectivity index (χ3n) is 5.72. The van der Waals surface area contributed by atoms with Gasteiger partial charge in [0.25, 0.3) is 5.91 Å². The summed E-state index contributed by atoms with van der Waals surface area (Å²) in [5.74, 6) is 1.29. The summed E-state index contributed by atoms with van der Waals surface area (Å²) >= 11 is 0. The molecule has 1 saturated heterocycles. The Labute approximate surface area is 194 Å². The van der Waals surface area contributed by atoms with Crippen molar-refractivity contribution in [3.05, 3.63) is 89.6 Å². The van der Waals surface area contributed by atoms with E-state index >= 15 is 0 Å². The molecule has 0 radical (unpaired) electrons. The van der Waals surface area contributed by atoms with Crippen molar-refractivity contribution in [1.82, 2.24) is 15.2 Å². The molecule has 2 aromatic carbocycles. The second kappa shape index (κ2) is 10.6. The Morgan fingerprint density at radius 3 is 2.36 bits per heavy atom. The largest absolute Gasteiger partial charge is 0.487 e. The summed E-state index contributed by atoms with van der Waals surface area (Å²) < 4.78 is 5.80. The van der Waals surface area contributed by atoms with Gasteiger partial charge in [-0.15, -0.1) is 0 Å². The molecular formula is C26H28N4O3. The molecule has 0 unspecified atom stereocenters. The molecule has 33 heavy (non-hydrogen) atoms. The number of ether oxygens (including phenoxy) is 1. The molecular weight excluding hydrogens is 416 g/mol. The number of rotatable bonds is 7. The summed E-state index contributed by atoms with van der Waals surface area (Å²) in [6, 6.07) is 21.2. The number of aryl methyl sites for hydroxylation is 1. The average molecular weight is 445 g/mol. The number of piperazine rings is 1. The minimum atomic E-state index is -0.223. The minimum absolute atomic E-state index is 0.00112. The zero-order valence-electron chi connectivity index (χ0n) is 18.7. The van der Waals surface area contributed by atoms with Gasteiger partial charge in [0.15, 0.2) is 0 Å². The fraction of sp³-hybridized carbons (Fsp3) is 0.269. The molecule has 2 heterocycles. The first kappa shape index (κ1) is 22.3. The van der Waals surface area contributed by atoms with E-state index in [1.165, 1.54) is 0 Å². The molecule has 7 nitrogen and oxygen atoms in total. The quantitative estimate of drug-likeness (QED) is 0.606. The van der Waals surface area contributed by atoms with Crippen molar-refractivity contribution in [1.29, 1.82) is 0 Å². The molecule has 1 fully saturated rings. The van der Waals surface area contributed by atoms with Gasteiger partial charge in [0.05, 0.1) is 12.7 Å². The third-order valence-corrected chi connectivity index (χ3v) is 5.72. The van der Waals surface area contributed by atoms with E-state index in [4.69, 9.17) is 4.74 Å². The van der Waals surface area contributed by atoms with Gasteiger partial charge >= 0.3 is 0 Å². The summed E-state index contributed by atoms with van der Waals surface area (Å²) in [6.07, 6.45) is 1.73. The van der Waals surface area contributed by atoms with Crippen LogP contribution in [0, 0.1) is 6.92 Å². The second-order valence-corrected chi connectivity index (χ2v) is 7.99. The van der Waals surface area contributed by atoms with Gasteiger partial charge < -0.3 is 19.9 Å². The molecule has 3 aromatic rings. The number of hydrogen-bond acceptors (Lipinski definition) is 5. The molecule has 0 bridgehead atoms. The van der Waals surface area contributed by atoms with Crippen LogP contribution in [0.15, 0.2) is 72.9 Å². The van der Waals surface area contributed by atoms with Gasteiger partial charge in [-0.1, -0.05) is 48.5 Å². The third kappa shape index (κ3) is 5.88.